The Hall–Kier alpha value is -2.73. The fourth-order valence-electron chi connectivity index (χ4n) is 2.36. The van der Waals surface area contributed by atoms with Crippen LogP contribution in [0.1, 0.15) is 25.0 Å². The second-order valence-electron chi connectivity index (χ2n) is 6.13. The normalized spacial score (nSPS) is 12.8. The first kappa shape index (κ1) is 16.1. The number of benzene rings is 2. The number of amides is 2. The van der Waals surface area contributed by atoms with Gasteiger partial charge in [0.2, 0.25) is 6.79 Å². The molecule has 1 aliphatic heterocycles. The average Bonchev–Trinajstić information content (AvgIpc) is 3.00. The zero-order chi connectivity index (χ0) is 17.2. The van der Waals surface area contributed by atoms with Crippen molar-refractivity contribution in [3.05, 3.63) is 53.6 Å². The third-order valence-corrected chi connectivity index (χ3v) is 3.74. The summed E-state index contributed by atoms with van der Waals surface area (Å²) in [6, 6.07) is 12.4. The van der Waals surface area contributed by atoms with Gasteiger partial charge in [0.1, 0.15) is 0 Å². The number of rotatable bonds is 4. The minimum atomic E-state index is -0.872. The van der Waals surface area contributed by atoms with Gasteiger partial charge < -0.3 is 25.2 Å². The Kier molecular flexibility index (Phi) is 4.31. The minimum Gasteiger partial charge on any atom is -0.454 e. The lowest BCUT2D eigenvalue weighted by Crippen LogP contribution is -2.28. The molecule has 0 saturated carbocycles. The lowest BCUT2D eigenvalue weighted by atomic mass is 9.97. The van der Waals surface area contributed by atoms with Crippen molar-refractivity contribution in [1.82, 2.24) is 5.32 Å². The number of hydrogen-bond acceptors (Lipinski definition) is 4. The number of nitrogens with one attached hydrogen (secondary N) is 2. The fraction of sp³-hybridized carbons (Fsp3) is 0.278. The van der Waals surface area contributed by atoms with Gasteiger partial charge in [0.15, 0.2) is 11.5 Å². The van der Waals surface area contributed by atoms with Crippen LogP contribution in [-0.2, 0) is 12.1 Å². The van der Waals surface area contributed by atoms with Crippen LogP contribution in [0.4, 0.5) is 10.5 Å². The van der Waals surface area contributed by atoms with Crippen LogP contribution < -0.4 is 20.1 Å². The highest BCUT2D eigenvalue weighted by Crippen LogP contribution is 2.34. The number of fused-ring (bicyclic) bond motifs is 1. The lowest BCUT2D eigenvalue weighted by molar-refractivity contribution is 0.0786. The molecule has 1 heterocycles. The van der Waals surface area contributed by atoms with E-state index in [-0.39, 0.29) is 12.8 Å². The predicted octanol–water partition coefficient (Wildman–Crippen LogP) is 2.96. The highest BCUT2D eigenvalue weighted by Gasteiger charge is 2.16. The van der Waals surface area contributed by atoms with Gasteiger partial charge in [-0.05, 0) is 37.1 Å². The maximum Gasteiger partial charge on any atom is 0.319 e. The van der Waals surface area contributed by atoms with E-state index in [9.17, 15) is 9.90 Å². The molecule has 0 spiro atoms. The molecule has 0 radical (unpaired) electrons. The van der Waals surface area contributed by atoms with Gasteiger partial charge in [0.05, 0.1) is 5.60 Å². The maximum atomic E-state index is 12.0. The molecule has 24 heavy (non-hydrogen) atoms. The minimum absolute atomic E-state index is 0.200. The molecular formula is C18H20N2O4. The van der Waals surface area contributed by atoms with Crippen LogP contribution in [0.5, 0.6) is 11.5 Å². The molecule has 1 aliphatic rings. The molecule has 0 atom stereocenters. The Bertz CT molecular complexity index is 736. The predicted molar refractivity (Wildman–Crippen MR) is 90.1 cm³/mol. The molecule has 2 aromatic carbocycles. The largest absolute Gasteiger partial charge is 0.454 e. The molecule has 0 unspecified atom stereocenters. The van der Waals surface area contributed by atoms with E-state index >= 15 is 0 Å². The van der Waals surface area contributed by atoms with Gasteiger partial charge in [-0.25, -0.2) is 4.79 Å². The molecule has 0 saturated heterocycles. The molecule has 2 amide bonds. The van der Waals surface area contributed by atoms with Gasteiger partial charge in [0.25, 0.3) is 0 Å². The summed E-state index contributed by atoms with van der Waals surface area (Å²) in [5, 5.41) is 15.5. The van der Waals surface area contributed by atoms with Crippen LogP contribution in [0.25, 0.3) is 0 Å². The van der Waals surface area contributed by atoms with Gasteiger partial charge in [0, 0.05) is 18.3 Å². The second kappa shape index (κ2) is 6.41. The molecule has 6 heteroatoms. The number of urea groups is 1. The number of anilines is 1. The molecule has 2 aromatic rings. The van der Waals surface area contributed by atoms with E-state index in [1.54, 1.807) is 32.0 Å². The molecule has 0 aromatic heterocycles. The smallest absolute Gasteiger partial charge is 0.319 e. The summed E-state index contributed by atoms with van der Waals surface area (Å²) < 4.78 is 10.5. The first-order chi connectivity index (χ1) is 11.4. The summed E-state index contributed by atoms with van der Waals surface area (Å²) in [5.74, 6) is 1.29. The standard InChI is InChI=1S/C18H20N2O4/c1-18(2,22)13-5-3-12(4-6-13)10-19-17(21)20-14-7-8-15-16(9-14)24-11-23-15/h3-9,22H,10-11H2,1-2H3,(H2,19,20,21). The fourth-order valence-corrected chi connectivity index (χ4v) is 2.36. The topological polar surface area (TPSA) is 79.8 Å². The maximum absolute atomic E-state index is 12.0. The number of hydrogen-bond donors (Lipinski definition) is 3. The lowest BCUT2D eigenvalue weighted by Gasteiger charge is -2.18. The quantitative estimate of drug-likeness (QED) is 0.806. The van der Waals surface area contributed by atoms with Crippen molar-refractivity contribution in [2.45, 2.75) is 26.0 Å². The molecular weight excluding hydrogens is 308 g/mol. The summed E-state index contributed by atoms with van der Waals surface area (Å²) in [7, 11) is 0. The molecule has 126 valence electrons. The zero-order valence-electron chi connectivity index (χ0n) is 13.6. The van der Waals surface area contributed by atoms with E-state index < -0.39 is 5.60 Å². The van der Waals surface area contributed by atoms with Crippen LogP contribution in [0.15, 0.2) is 42.5 Å². The molecule has 6 nitrogen and oxygen atoms in total. The van der Waals surface area contributed by atoms with Gasteiger partial charge in [-0.15, -0.1) is 0 Å². The van der Waals surface area contributed by atoms with Gasteiger partial charge >= 0.3 is 6.03 Å². The van der Waals surface area contributed by atoms with E-state index in [4.69, 9.17) is 9.47 Å². The summed E-state index contributed by atoms with van der Waals surface area (Å²) in [4.78, 5) is 12.0. The van der Waals surface area contributed by atoms with Gasteiger partial charge in [-0.2, -0.15) is 0 Å². The zero-order valence-corrected chi connectivity index (χ0v) is 13.6. The Morgan fingerprint density at radius 1 is 1.12 bits per heavy atom. The molecule has 0 bridgehead atoms. The van der Waals surface area contributed by atoms with Crippen LogP contribution in [0.3, 0.4) is 0 Å². The summed E-state index contributed by atoms with van der Waals surface area (Å²) in [5.41, 5.74) is 1.54. The first-order valence-corrected chi connectivity index (χ1v) is 7.68. The van der Waals surface area contributed by atoms with E-state index in [0.717, 1.165) is 11.1 Å². The van der Waals surface area contributed by atoms with E-state index in [0.29, 0.717) is 23.7 Å². The number of aliphatic hydroxyl groups is 1. The highest BCUT2D eigenvalue weighted by atomic mass is 16.7. The Morgan fingerprint density at radius 3 is 2.54 bits per heavy atom. The number of ether oxygens (including phenoxy) is 2. The molecule has 3 rings (SSSR count). The van der Waals surface area contributed by atoms with Gasteiger partial charge in [-0.1, -0.05) is 24.3 Å². The van der Waals surface area contributed by atoms with Crippen molar-refractivity contribution >= 4 is 11.7 Å². The van der Waals surface area contributed by atoms with Crippen LogP contribution in [-0.4, -0.2) is 17.9 Å². The van der Waals surface area contributed by atoms with Crippen molar-refractivity contribution in [3.63, 3.8) is 0 Å². The van der Waals surface area contributed by atoms with Crippen LogP contribution >= 0.6 is 0 Å². The van der Waals surface area contributed by atoms with Crippen molar-refractivity contribution in [2.75, 3.05) is 12.1 Å². The number of carbonyl (C=O) groups is 1. The summed E-state index contributed by atoms with van der Waals surface area (Å²) in [6.07, 6.45) is 0. The SMILES string of the molecule is CC(C)(O)c1ccc(CNC(=O)Nc2ccc3c(c2)OCO3)cc1. The average molecular weight is 328 g/mol. The van der Waals surface area contributed by atoms with E-state index in [2.05, 4.69) is 10.6 Å². The van der Waals surface area contributed by atoms with Crippen molar-refractivity contribution in [2.24, 2.45) is 0 Å². The monoisotopic (exact) mass is 328 g/mol. The highest BCUT2D eigenvalue weighted by molar-refractivity contribution is 5.89. The summed E-state index contributed by atoms with van der Waals surface area (Å²) in [6.45, 7) is 4.06. The van der Waals surface area contributed by atoms with Crippen molar-refractivity contribution < 1.29 is 19.4 Å². The first-order valence-electron chi connectivity index (χ1n) is 7.68. The summed E-state index contributed by atoms with van der Waals surface area (Å²) >= 11 is 0. The van der Waals surface area contributed by atoms with Crippen molar-refractivity contribution in [3.8, 4) is 11.5 Å². The molecule has 0 aliphatic carbocycles. The Morgan fingerprint density at radius 2 is 1.83 bits per heavy atom. The second-order valence-corrected chi connectivity index (χ2v) is 6.13. The van der Waals surface area contributed by atoms with E-state index in [1.165, 1.54) is 0 Å². The third-order valence-electron chi connectivity index (χ3n) is 3.74. The van der Waals surface area contributed by atoms with Crippen molar-refractivity contribution in [1.29, 1.82) is 0 Å². The van der Waals surface area contributed by atoms with Crippen LogP contribution in [0.2, 0.25) is 0 Å². The molecule has 3 N–H and O–H groups in total. The molecule has 0 fully saturated rings. The third kappa shape index (κ3) is 3.78. The Labute approximate surface area is 140 Å². The van der Waals surface area contributed by atoms with Gasteiger partial charge in [-0.3, -0.25) is 0 Å². The Balaban J connectivity index is 1.54. The van der Waals surface area contributed by atoms with E-state index in [1.807, 2.05) is 24.3 Å². The van der Waals surface area contributed by atoms with Crippen LogP contribution in [0, 0.1) is 0 Å². The number of carbonyl (C=O) groups excluding carboxylic acids is 1.